The second-order valence-electron chi connectivity index (χ2n) is 5.31. The second-order valence-corrected chi connectivity index (χ2v) is 6.51. The van der Waals surface area contributed by atoms with E-state index in [4.69, 9.17) is 16.3 Å². The van der Waals surface area contributed by atoms with Crippen molar-refractivity contribution in [3.05, 3.63) is 40.1 Å². The first-order valence-corrected chi connectivity index (χ1v) is 7.98. The maximum absolute atomic E-state index is 12.1. The summed E-state index contributed by atoms with van der Waals surface area (Å²) in [6.07, 6.45) is 1.13. The lowest BCUT2D eigenvalue weighted by molar-refractivity contribution is -0.145. The van der Waals surface area contributed by atoms with Crippen molar-refractivity contribution in [1.82, 2.24) is 9.88 Å². The maximum atomic E-state index is 12.1. The number of halogens is 2. The minimum Gasteiger partial charge on any atom is -0.370 e. The van der Waals surface area contributed by atoms with E-state index in [-0.39, 0.29) is 24.0 Å². The van der Waals surface area contributed by atoms with Crippen LogP contribution in [0.4, 0.5) is 0 Å². The van der Waals surface area contributed by atoms with Gasteiger partial charge < -0.3 is 9.64 Å². The minimum atomic E-state index is -0.223. The molecule has 2 heterocycles. The van der Waals surface area contributed by atoms with Crippen LogP contribution in [0.15, 0.2) is 29.4 Å². The number of nitrogens with zero attached hydrogens (tertiary/aromatic N) is 2. The monoisotopic (exact) mass is 372 g/mol. The van der Waals surface area contributed by atoms with E-state index >= 15 is 0 Å². The highest BCUT2D eigenvalue weighted by molar-refractivity contribution is 9.10. The Bertz CT molecular complexity index is 530. The molecule has 1 fully saturated rings. The lowest BCUT2D eigenvalue weighted by Gasteiger charge is -2.43. The molecule has 0 unspecified atom stereocenters. The smallest absolute Gasteiger partial charge is 0.246 e. The molecule has 0 spiro atoms. The van der Waals surface area contributed by atoms with Crippen LogP contribution in [-0.2, 0) is 9.53 Å². The van der Waals surface area contributed by atoms with E-state index in [2.05, 4.69) is 41.3 Å². The molecule has 2 atom stereocenters. The molecule has 1 aromatic heterocycles. The van der Waals surface area contributed by atoms with E-state index < -0.39 is 0 Å². The highest BCUT2D eigenvalue weighted by atomic mass is 79.9. The number of ether oxygens (including phenoxy) is 1. The van der Waals surface area contributed by atoms with Crippen LogP contribution in [0.3, 0.4) is 0 Å². The summed E-state index contributed by atoms with van der Waals surface area (Å²) in [5.74, 6) is 0.172. The van der Waals surface area contributed by atoms with Gasteiger partial charge >= 0.3 is 0 Å². The van der Waals surface area contributed by atoms with Crippen molar-refractivity contribution in [1.29, 1.82) is 0 Å². The number of carbonyl (C=O) groups excluding carboxylic acids is 1. The van der Waals surface area contributed by atoms with Crippen LogP contribution in [0.1, 0.15) is 25.5 Å². The minimum absolute atomic E-state index is 0.0605. The molecule has 114 valence electrons. The van der Waals surface area contributed by atoms with Gasteiger partial charge in [-0.2, -0.15) is 0 Å². The molecule has 0 aromatic carbocycles. The number of aromatic nitrogens is 1. The van der Waals surface area contributed by atoms with Crippen LogP contribution in [0, 0.1) is 5.92 Å². The summed E-state index contributed by atoms with van der Waals surface area (Å²) in [5.41, 5.74) is 0.919. The molecular formula is C15H18BrClN2O2. The summed E-state index contributed by atoms with van der Waals surface area (Å²) in [6, 6.07) is 3.61. The highest BCUT2D eigenvalue weighted by Gasteiger charge is 2.37. The Balaban J connectivity index is 2.39. The van der Waals surface area contributed by atoms with E-state index in [0.29, 0.717) is 22.9 Å². The van der Waals surface area contributed by atoms with Crippen LogP contribution in [0.2, 0.25) is 5.15 Å². The van der Waals surface area contributed by atoms with Gasteiger partial charge in [0.15, 0.2) is 0 Å². The van der Waals surface area contributed by atoms with E-state index in [1.165, 1.54) is 6.08 Å². The average Bonchev–Trinajstić information content (AvgIpc) is 2.44. The summed E-state index contributed by atoms with van der Waals surface area (Å²) in [4.78, 5) is 18.0. The molecule has 6 heteroatoms. The fraction of sp³-hybridized carbons (Fsp3) is 0.467. The molecule has 21 heavy (non-hydrogen) atoms. The molecule has 1 aliphatic heterocycles. The van der Waals surface area contributed by atoms with Crippen LogP contribution >= 0.6 is 27.5 Å². The molecule has 4 nitrogen and oxygen atoms in total. The fourth-order valence-electron chi connectivity index (χ4n) is 2.71. The van der Waals surface area contributed by atoms with Gasteiger partial charge in [-0.3, -0.25) is 4.79 Å². The van der Waals surface area contributed by atoms with Crippen LogP contribution in [-0.4, -0.2) is 35.0 Å². The Morgan fingerprint density at radius 3 is 2.90 bits per heavy atom. The number of hydrogen-bond acceptors (Lipinski definition) is 3. The van der Waals surface area contributed by atoms with Gasteiger partial charge in [-0.15, -0.1) is 0 Å². The molecule has 1 saturated heterocycles. The zero-order chi connectivity index (χ0) is 15.6. The first-order valence-electron chi connectivity index (χ1n) is 6.81. The molecule has 0 bridgehead atoms. The number of hydrogen-bond donors (Lipinski definition) is 0. The number of amides is 1. The number of morpholine rings is 1. The van der Waals surface area contributed by atoms with Crippen molar-refractivity contribution < 1.29 is 9.53 Å². The molecule has 2 rings (SSSR count). The topological polar surface area (TPSA) is 42.4 Å². The van der Waals surface area contributed by atoms with Crippen LogP contribution < -0.4 is 0 Å². The Morgan fingerprint density at radius 2 is 2.33 bits per heavy atom. The third kappa shape index (κ3) is 3.65. The van der Waals surface area contributed by atoms with Gasteiger partial charge in [-0.05, 0) is 45.6 Å². The van der Waals surface area contributed by atoms with Crippen molar-refractivity contribution in [3.8, 4) is 0 Å². The van der Waals surface area contributed by atoms with Gasteiger partial charge in [0.1, 0.15) is 15.9 Å². The van der Waals surface area contributed by atoms with Crippen LogP contribution in [0.25, 0.3) is 0 Å². The zero-order valence-electron chi connectivity index (χ0n) is 12.1. The molecule has 0 N–H and O–H groups in total. The molecular weight excluding hydrogens is 356 g/mol. The van der Waals surface area contributed by atoms with Gasteiger partial charge in [0.2, 0.25) is 5.91 Å². The normalized spacial score (nSPS) is 22.4. The Morgan fingerprint density at radius 1 is 1.62 bits per heavy atom. The van der Waals surface area contributed by atoms with E-state index in [1.807, 2.05) is 11.0 Å². The number of pyridine rings is 1. The number of carbonyl (C=O) groups is 1. The maximum Gasteiger partial charge on any atom is 0.246 e. The predicted molar refractivity (Wildman–Crippen MR) is 86.2 cm³/mol. The number of rotatable bonds is 3. The average molecular weight is 374 g/mol. The predicted octanol–water partition coefficient (Wildman–Crippen LogP) is 3.61. The molecule has 0 radical (unpaired) electrons. The van der Waals surface area contributed by atoms with E-state index in [1.54, 1.807) is 6.07 Å². The quantitative estimate of drug-likeness (QED) is 0.600. The van der Waals surface area contributed by atoms with Crippen LogP contribution in [0.5, 0.6) is 0 Å². The van der Waals surface area contributed by atoms with Gasteiger partial charge in [0.05, 0.1) is 12.6 Å². The molecule has 1 aliphatic rings. The Labute approximate surface area is 138 Å². The van der Waals surface area contributed by atoms with Gasteiger partial charge in [-0.25, -0.2) is 4.98 Å². The lowest BCUT2D eigenvalue weighted by atomic mass is 9.91. The first-order chi connectivity index (χ1) is 9.93. The van der Waals surface area contributed by atoms with Crippen molar-refractivity contribution in [2.75, 3.05) is 13.2 Å². The summed E-state index contributed by atoms with van der Waals surface area (Å²) in [5, 5.41) is 0.401. The second kappa shape index (κ2) is 6.90. The van der Waals surface area contributed by atoms with Crippen molar-refractivity contribution in [3.63, 3.8) is 0 Å². The summed E-state index contributed by atoms with van der Waals surface area (Å²) >= 11 is 9.38. The first kappa shape index (κ1) is 16.5. The van der Waals surface area contributed by atoms with Crippen molar-refractivity contribution >= 4 is 33.4 Å². The summed E-state index contributed by atoms with van der Waals surface area (Å²) in [6.45, 7) is 8.80. The molecule has 1 aromatic rings. The SMILES string of the molecule is C=CC(=O)N1CCO[C@H](c2cc(Cl)nc(Br)c2)[C@H]1C(C)C. The van der Waals surface area contributed by atoms with Gasteiger partial charge in [-0.1, -0.05) is 32.0 Å². The van der Waals surface area contributed by atoms with Crippen molar-refractivity contribution in [2.45, 2.75) is 26.0 Å². The van der Waals surface area contributed by atoms with Gasteiger partial charge in [0.25, 0.3) is 0 Å². The zero-order valence-corrected chi connectivity index (χ0v) is 14.4. The highest BCUT2D eigenvalue weighted by Crippen LogP contribution is 2.34. The summed E-state index contributed by atoms with van der Waals surface area (Å²) < 4.78 is 6.59. The van der Waals surface area contributed by atoms with E-state index in [9.17, 15) is 4.79 Å². The lowest BCUT2D eigenvalue weighted by Crippen LogP contribution is -2.52. The van der Waals surface area contributed by atoms with E-state index in [0.717, 1.165) is 5.56 Å². The van der Waals surface area contributed by atoms with Gasteiger partial charge in [0, 0.05) is 6.54 Å². The third-order valence-electron chi connectivity index (χ3n) is 3.55. The largest absolute Gasteiger partial charge is 0.370 e. The standard InChI is InChI=1S/C15H18BrClN2O2/c1-4-13(20)19-5-6-21-15(14(19)9(2)3)10-7-11(16)18-12(17)8-10/h4,7-9,14-15H,1,5-6H2,2-3H3/t14-,15-/m1/s1. The third-order valence-corrected chi connectivity index (χ3v) is 4.15. The fourth-order valence-corrected chi connectivity index (χ4v) is 3.49. The Hall–Kier alpha value is -0.910. The molecule has 0 aliphatic carbocycles. The van der Waals surface area contributed by atoms with Crippen molar-refractivity contribution in [2.24, 2.45) is 5.92 Å². The molecule has 1 amide bonds. The Kier molecular flexibility index (Phi) is 5.41. The summed E-state index contributed by atoms with van der Waals surface area (Å²) in [7, 11) is 0. The molecule has 0 saturated carbocycles.